The Morgan fingerprint density at radius 2 is 1.17 bits per heavy atom. The molecular formula is C27H34O2Si. The summed E-state index contributed by atoms with van der Waals surface area (Å²) < 4.78 is 7.02. The highest BCUT2D eigenvalue weighted by atomic mass is 28.4. The van der Waals surface area contributed by atoms with Crippen LogP contribution in [0.5, 0.6) is 5.75 Å². The van der Waals surface area contributed by atoms with Gasteiger partial charge in [-0.1, -0.05) is 113 Å². The first-order valence-electron chi connectivity index (χ1n) is 10.7. The average Bonchev–Trinajstić information content (AvgIpc) is 2.72. The number of phenols is 1. The summed E-state index contributed by atoms with van der Waals surface area (Å²) >= 11 is 0. The van der Waals surface area contributed by atoms with Gasteiger partial charge in [-0.2, -0.15) is 0 Å². The van der Waals surface area contributed by atoms with E-state index >= 15 is 0 Å². The molecule has 0 fully saturated rings. The third kappa shape index (κ3) is 4.38. The van der Waals surface area contributed by atoms with E-state index in [1.54, 1.807) is 6.07 Å². The van der Waals surface area contributed by atoms with Crippen LogP contribution in [-0.4, -0.2) is 20.0 Å². The van der Waals surface area contributed by atoms with Crippen molar-refractivity contribution in [3.8, 4) is 5.75 Å². The molecular weight excluding hydrogens is 384 g/mol. The Kier molecular flexibility index (Phi) is 6.54. The van der Waals surface area contributed by atoms with Crippen molar-refractivity contribution >= 4 is 18.7 Å². The van der Waals surface area contributed by atoms with Gasteiger partial charge in [-0.25, -0.2) is 0 Å². The maximum absolute atomic E-state index is 10.4. The number of para-hydroxylation sites is 1. The minimum atomic E-state index is -2.53. The number of hydrogen-bond acceptors (Lipinski definition) is 2. The number of hydrogen-bond donors (Lipinski definition) is 1. The van der Waals surface area contributed by atoms with Gasteiger partial charge < -0.3 is 9.53 Å². The summed E-state index contributed by atoms with van der Waals surface area (Å²) in [5.74, 6) is 0.355. The summed E-state index contributed by atoms with van der Waals surface area (Å²) in [6.07, 6.45) is 0.828. The minimum Gasteiger partial charge on any atom is -0.508 e. The molecule has 0 unspecified atom stereocenters. The lowest BCUT2D eigenvalue weighted by atomic mass is 9.81. The van der Waals surface area contributed by atoms with Crippen LogP contribution in [0.2, 0.25) is 5.04 Å². The number of phenolic OH excluding ortho intramolecular Hbond substituents is 1. The summed E-state index contributed by atoms with van der Waals surface area (Å²) in [5, 5.41) is 12.9. The Bertz CT molecular complexity index is 904. The fourth-order valence-electron chi connectivity index (χ4n) is 4.40. The maximum atomic E-state index is 10.4. The van der Waals surface area contributed by atoms with Crippen molar-refractivity contribution in [2.45, 2.75) is 51.5 Å². The number of benzene rings is 3. The van der Waals surface area contributed by atoms with Gasteiger partial charge in [0.15, 0.2) is 0 Å². The molecule has 0 saturated heterocycles. The number of aromatic hydroxyl groups is 1. The fraction of sp³-hybridized carbons (Fsp3) is 0.333. The average molecular weight is 419 g/mol. The fourth-order valence-corrected chi connectivity index (χ4v) is 8.97. The highest BCUT2D eigenvalue weighted by Crippen LogP contribution is 2.38. The van der Waals surface area contributed by atoms with Gasteiger partial charge in [0.25, 0.3) is 8.32 Å². The van der Waals surface area contributed by atoms with Gasteiger partial charge in [-0.05, 0) is 38.9 Å². The van der Waals surface area contributed by atoms with E-state index in [-0.39, 0.29) is 10.5 Å². The van der Waals surface area contributed by atoms with E-state index in [2.05, 4.69) is 95.3 Å². The lowest BCUT2D eigenvalue weighted by molar-refractivity contribution is 0.256. The molecule has 0 heterocycles. The molecule has 3 heteroatoms. The standard InChI is InChI=1S/C27H34O2Si/c1-26(2,3)30(22-14-8-6-9-15-22,23-16-10-7-11-17-23)29-21-20-27(4,5)24-18-12-13-19-25(24)28/h6-19,28H,20-21H2,1-5H3. The van der Waals surface area contributed by atoms with Crippen LogP contribution in [0.25, 0.3) is 0 Å². The predicted octanol–water partition coefficient (Wildman–Crippen LogP) is 5.64. The second-order valence-corrected chi connectivity index (χ2v) is 14.0. The Hall–Kier alpha value is -2.36. The van der Waals surface area contributed by atoms with Gasteiger partial charge in [0.05, 0.1) is 0 Å². The van der Waals surface area contributed by atoms with Crippen LogP contribution < -0.4 is 10.4 Å². The Morgan fingerprint density at radius 3 is 1.63 bits per heavy atom. The van der Waals surface area contributed by atoms with E-state index in [9.17, 15) is 5.11 Å². The van der Waals surface area contributed by atoms with Gasteiger partial charge >= 0.3 is 0 Å². The lowest BCUT2D eigenvalue weighted by Gasteiger charge is -2.43. The van der Waals surface area contributed by atoms with Gasteiger partial charge in [0, 0.05) is 6.61 Å². The Morgan fingerprint density at radius 1 is 0.700 bits per heavy atom. The molecule has 0 atom stereocenters. The molecule has 1 N–H and O–H groups in total. The first-order valence-corrected chi connectivity index (χ1v) is 12.6. The van der Waals surface area contributed by atoms with E-state index in [0.29, 0.717) is 12.4 Å². The second kappa shape index (κ2) is 8.79. The third-order valence-corrected chi connectivity index (χ3v) is 11.1. The summed E-state index contributed by atoms with van der Waals surface area (Å²) in [5.41, 5.74) is 0.785. The van der Waals surface area contributed by atoms with E-state index in [1.807, 2.05) is 18.2 Å². The molecule has 0 aliphatic carbocycles. The van der Waals surface area contributed by atoms with E-state index in [1.165, 1.54) is 10.4 Å². The van der Waals surface area contributed by atoms with Crippen molar-refractivity contribution in [1.29, 1.82) is 0 Å². The predicted molar refractivity (Wildman–Crippen MR) is 129 cm³/mol. The normalized spacial score (nSPS) is 12.7. The van der Waals surface area contributed by atoms with Crippen molar-refractivity contribution in [2.75, 3.05) is 6.61 Å². The third-order valence-electron chi connectivity index (χ3n) is 6.10. The summed E-state index contributed by atoms with van der Waals surface area (Å²) in [7, 11) is -2.53. The molecule has 3 aromatic carbocycles. The van der Waals surface area contributed by atoms with Gasteiger partial charge in [-0.15, -0.1) is 0 Å². The summed E-state index contributed by atoms with van der Waals surface area (Å²) in [4.78, 5) is 0. The van der Waals surface area contributed by atoms with E-state index < -0.39 is 8.32 Å². The maximum Gasteiger partial charge on any atom is 0.261 e. The zero-order chi connectivity index (χ0) is 21.8. The van der Waals surface area contributed by atoms with Crippen molar-refractivity contribution in [3.05, 3.63) is 90.5 Å². The Balaban J connectivity index is 1.97. The molecule has 30 heavy (non-hydrogen) atoms. The zero-order valence-electron chi connectivity index (χ0n) is 18.9. The van der Waals surface area contributed by atoms with E-state index in [4.69, 9.17) is 4.43 Å². The smallest absolute Gasteiger partial charge is 0.261 e. The molecule has 0 aliphatic heterocycles. The van der Waals surface area contributed by atoms with Crippen molar-refractivity contribution in [3.63, 3.8) is 0 Å². The quantitative estimate of drug-likeness (QED) is 0.503. The van der Waals surface area contributed by atoms with Crippen LogP contribution in [0, 0.1) is 0 Å². The highest BCUT2D eigenvalue weighted by molar-refractivity contribution is 6.99. The van der Waals surface area contributed by atoms with E-state index in [0.717, 1.165) is 12.0 Å². The molecule has 0 aliphatic rings. The molecule has 0 radical (unpaired) electrons. The largest absolute Gasteiger partial charge is 0.508 e. The molecule has 158 valence electrons. The van der Waals surface area contributed by atoms with Crippen LogP contribution in [0.4, 0.5) is 0 Å². The first kappa shape index (κ1) is 22.3. The lowest BCUT2D eigenvalue weighted by Crippen LogP contribution is -2.66. The van der Waals surface area contributed by atoms with Gasteiger partial charge in [0.1, 0.15) is 5.75 Å². The molecule has 3 rings (SSSR count). The van der Waals surface area contributed by atoms with Gasteiger partial charge in [0.2, 0.25) is 0 Å². The number of rotatable bonds is 7. The van der Waals surface area contributed by atoms with Crippen LogP contribution in [0.3, 0.4) is 0 Å². The van der Waals surface area contributed by atoms with Crippen LogP contribution in [0.1, 0.15) is 46.6 Å². The summed E-state index contributed by atoms with van der Waals surface area (Å²) in [6.45, 7) is 11.9. The molecule has 0 spiro atoms. The van der Waals surface area contributed by atoms with Crippen molar-refractivity contribution < 1.29 is 9.53 Å². The first-order chi connectivity index (χ1) is 14.2. The molecule has 0 amide bonds. The van der Waals surface area contributed by atoms with Crippen LogP contribution in [0.15, 0.2) is 84.9 Å². The molecule has 0 aromatic heterocycles. The van der Waals surface area contributed by atoms with Crippen LogP contribution >= 0.6 is 0 Å². The zero-order valence-corrected chi connectivity index (χ0v) is 19.9. The molecule has 2 nitrogen and oxygen atoms in total. The second-order valence-electron chi connectivity index (χ2n) is 9.66. The SMILES string of the molecule is CC(C)(CCO[Si](c1ccccc1)(c1ccccc1)C(C)(C)C)c1ccccc1O. The Labute approximate surface area is 182 Å². The van der Waals surface area contributed by atoms with Gasteiger partial charge in [-0.3, -0.25) is 0 Å². The topological polar surface area (TPSA) is 29.5 Å². The molecule has 0 saturated carbocycles. The minimum absolute atomic E-state index is 0.0330. The highest BCUT2D eigenvalue weighted by Gasteiger charge is 2.50. The monoisotopic (exact) mass is 418 g/mol. The molecule has 3 aromatic rings. The molecule has 0 bridgehead atoms. The van der Waals surface area contributed by atoms with Crippen LogP contribution in [-0.2, 0) is 9.84 Å². The van der Waals surface area contributed by atoms with Crippen molar-refractivity contribution in [1.82, 2.24) is 0 Å². The van der Waals surface area contributed by atoms with Crippen molar-refractivity contribution in [2.24, 2.45) is 0 Å². The summed E-state index contributed by atoms with van der Waals surface area (Å²) in [6, 6.07) is 29.1.